The van der Waals surface area contributed by atoms with Gasteiger partial charge in [0, 0.05) is 11.0 Å². The molecule has 6 heteroatoms. The van der Waals surface area contributed by atoms with E-state index in [2.05, 4.69) is 33.1 Å². The number of hydrogen-bond acceptors (Lipinski definition) is 2. The van der Waals surface area contributed by atoms with Crippen LogP contribution in [0.15, 0.2) is 29.3 Å². The summed E-state index contributed by atoms with van der Waals surface area (Å²) < 4.78 is 27.3. The lowest BCUT2D eigenvalue weighted by atomic mass is 10.2. The predicted molar refractivity (Wildman–Crippen MR) is 70.3 cm³/mol. The Hall–Kier alpha value is -1.43. The van der Waals surface area contributed by atoms with Crippen LogP contribution in [0.5, 0.6) is 0 Å². The number of anilines is 1. The van der Waals surface area contributed by atoms with Gasteiger partial charge in [-0.2, -0.15) is 0 Å². The van der Waals surface area contributed by atoms with E-state index in [1.165, 1.54) is 13.0 Å². The van der Waals surface area contributed by atoms with Gasteiger partial charge in [-0.1, -0.05) is 22.0 Å². The molecule has 1 amide bonds. The van der Waals surface area contributed by atoms with Crippen LogP contribution in [-0.4, -0.2) is 18.5 Å². The Labute approximate surface area is 112 Å². The van der Waals surface area contributed by atoms with Crippen molar-refractivity contribution in [3.05, 3.63) is 40.9 Å². The molecule has 1 atom stereocenters. The summed E-state index contributed by atoms with van der Waals surface area (Å²) in [5.74, 6) is -1.88. The fraction of sp³-hybridized carbons (Fsp3) is 0.250. The highest BCUT2D eigenvalue weighted by Crippen LogP contribution is 2.24. The van der Waals surface area contributed by atoms with E-state index >= 15 is 0 Å². The van der Waals surface area contributed by atoms with E-state index in [1.807, 2.05) is 0 Å². The number of halogens is 3. The molecule has 18 heavy (non-hydrogen) atoms. The molecule has 0 bridgehead atoms. The van der Waals surface area contributed by atoms with Gasteiger partial charge in [0.2, 0.25) is 5.91 Å². The molecule has 0 heterocycles. The Balaban J connectivity index is 2.78. The van der Waals surface area contributed by atoms with Crippen LogP contribution in [0, 0.1) is 11.6 Å². The highest BCUT2D eigenvalue weighted by molar-refractivity contribution is 9.10. The minimum Gasteiger partial charge on any atom is -0.369 e. The van der Waals surface area contributed by atoms with Gasteiger partial charge in [-0.3, -0.25) is 4.79 Å². The molecule has 0 saturated heterocycles. The van der Waals surface area contributed by atoms with Crippen LogP contribution >= 0.6 is 15.9 Å². The van der Waals surface area contributed by atoms with Crippen LogP contribution in [0.25, 0.3) is 0 Å². The van der Waals surface area contributed by atoms with E-state index in [0.29, 0.717) is 11.0 Å². The standard InChI is InChI=1S/C12H13BrF2N2O/c1-3-4-16-12(18)7(2)17-11-9(14)5-8(13)6-10(11)15/h3,5-7,17H,1,4H2,2H3,(H,16,18). The van der Waals surface area contributed by atoms with Gasteiger partial charge in [-0.05, 0) is 19.1 Å². The molecule has 0 spiro atoms. The lowest BCUT2D eigenvalue weighted by molar-refractivity contribution is -0.121. The number of benzene rings is 1. The van der Waals surface area contributed by atoms with Crippen molar-refractivity contribution in [2.24, 2.45) is 0 Å². The van der Waals surface area contributed by atoms with Crippen LogP contribution in [0.4, 0.5) is 14.5 Å². The average Bonchev–Trinajstić information content (AvgIpc) is 2.30. The third kappa shape index (κ3) is 3.80. The number of carbonyl (C=O) groups is 1. The van der Waals surface area contributed by atoms with Crippen LogP contribution in [0.3, 0.4) is 0 Å². The second-order valence-electron chi connectivity index (χ2n) is 3.64. The molecule has 1 rings (SSSR count). The van der Waals surface area contributed by atoms with Crippen LogP contribution in [0.1, 0.15) is 6.92 Å². The maximum atomic E-state index is 13.5. The first-order chi connectivity index (χ1) is 8.45. The average molecular weight is 319 g/mol. The summed E-state index contributed by atoms with van der Waals surface area (Å²) >= 11 is 2.98. The fourth-order valence-electron chi connectivity index (χ4n) is 1.29. The SMILES string of the molecule is C=CCNC(=O)C(C)Nc1c(F)cc(Br)cc1F. The minimum atomic E-state index is -0.759. The van der Waals surface area contributed by atoms with Gasteiger partial charge < -0.3 is 10.6 Å². The van der Waals surface area contributed by atoms with Crippen molar-refractivity contribution in [2.75, 3.05) is 11.9 Å². The van der Waals surface area contributed by atoms with E-state index in [4.69, 9.17) is 0 Å². The van der Waals surface area contributed by atoms with Crippen molar-refractivity contribution in [2.45, 2.75) is 13.0 Å². The molecule has 1 aromatic rings. The number of hydrogen-bond donors (Lipinski definition) is 2. The summed E-state index contributed by atoms with van der Waals surface area (Å²) in [5, 5.41) is 5.03. The quantitative estimate of drug-likeness (QED) is 0.820. The lowest BCUT2D eigenvalue weighted by Gasteiger charge is -2.16. The topological polar surface area (TPSA) is 41.1 Å². The minimum absolute atomic E-state index is 0.298. The molecule has 3 nitrogen and oxygen atoms in total. The first-order valence-electron chi connectivity index (χ1n) is 5.25. The Morgan fingerprint density at radius 1 is 1.50 bits per heavy atom. The molecule has 2 N–H and O–H groups in total. The zero-order valence-electron chi connectivity index (χ0n) is 9.77. The zero-order chi connectivity index (χ0) is 13.7. The summed E-state index contributed by atoms with van der Waals surface area (Å²) in [6.07, 6.45) is 1.52. The second-order valence-corrected chi connectivity index (χ2v) is 4.56. The fourth-order valence-corrected chi connectivity index (χ4v) is 1.69. The predicted octanol–water partition coefficient (Wildman–Crippen LogP) is 2.83. The number of rotatable bonds is 5. The van der Waals surface area contributed by atoms with Crippen LogP contribution < -0.4 is 10.6 Å². The first-order valence-corrected chi connectivity index (χ1v) is 6.04. The van der Waals surface area contributed by atoms with E-state index in [-0.39, 0.29) is 11.6 Å². The maximum Gasteiger partial charge on any atom is 0.242 e. The first kappa shape index (κ1) is 14.6. The highest BCUT2D eigenvalue weighted by Gasteiger charge is 2.17. The summed E-state index contributed by atoms with van der Waals surface area (Å²) in [6.45, 7) is 5.27. The normalized spacial score (nSPS) is 11.8. The molecule has 98 valence electrons. The summed E-state index contributed by atoms with van der Waals surface area (Å²) in [7, 11) is 0. The second kappa shape index (κ2) is 6.49. The van der Waals surface area contributed by atoms with Gasteiger partial charge in [0.1, 0.15) is 23.4 Å². The lowest BCUT2D eigenvalue weighted by Crippen LogP contribution is -2.38. The molecule has 1 aromatic carbocycles. The Morgan fingerprint density at radius 3 is 2.56 bits per heavy atom. The van der Waals surface area contributed by atoms with Crippen LogP contribution in [-0.2, 0) is 4.79 Å². The molecule has 0 radical (unpaired) electrons. The van der Waals surface area contributed by atoms with Gasteiger partial charge in [0.05, 0.1) is 0 Å². The smallest absolute Gasteiger partial charge is 0.242 e. The number of amides is 1. The molecule has 0 aliphatic carbocycles. The summed E-state index contributed by atoms with van der Waals surface area (Å²) in [6, 6.07) is 1.50. The molecule has 0 fully saturated rings. The van der Waals surface area contributed by atoms with Crippen molar-refractivity contribution < 1.29 is 13.6 Å². The Morgan fingerprint density at radius 2 is 2.06 bits per heavy atom. The van der Waals surface area contributed by atoms with Crippen molar-refractivity contribution in [3.8, 4) is 0 Å². The Bertz CT molecular complexity index is 442. The van der Waals surface area contributed by atoms with Gasteiger partial charge in [0.25, 0.3) is 0 Å². The molecule has 0 aliphatic heterocycles. The van der Waals surface area contributed by atoms with Crippen molar-refractivity contribution in [1.82, 2.24) is 5.32 Å². The van der Waals surface area contributed by atoms with E-state index < -0.39 is 17.7 Å². The molecule has 1 unspecified atom stereocenters. The molecule has 0 saturated carbocycles. The zero-order valence-corrected chi connectivity index (χ0v) is 11.4. The van der Waals surface area contributed by atoms with Gasteiger partial charge in [-0.25, -0.2) is 8.78 Å². The van der Waals surface area contributed by atoms with Crippen molar-refractivity contribution >= 4 is 27.5 Å². The van der Waals surface area contributed by atoms with Crippen molar-refractivity contribution in [1.29, 1.82) is 0 Å². The summed E-state index contributed by atoms with van der Waals surface area (Å²) in [5.41, 5.74) is -0.320. The van der Waals surface area contributed by atoms with Crippen molar-refractivity contribution in [3.63, 3.8) is 0 Å². The van der Waals surface area contributed by atoms with E-state index in [9.17, 15) is 13.6 Å². The number of carbonyl (C=O) groups excluding carboxylic acids is 1. The van der Waals surface area contributed by atoms with Gasteiger partial charge in [-0.15, -0.1) is 6.58 Å². The van der Waals surface area contributed by atoms with Crippen LogP contribution in [0.2, 0.25) is 0 Å². The largest absolute Gasteiger partial charge is 0.369 e. The number of nitrogens with one attached hydrogen (secondary N) is 2. The molecule has 0 aromatic heterocycles. The van der Waals surface area contributed by atoms with Gasteiger partial charge in [0.15, 0.2) is 0 Å². The highest BCUT2D eigenvalue weighted by atomic mass is 79.9. The molecular weight excluding hydrogens is 306 g/mol. The maximum absolute atomic E-state index is 13.5. The Kier molecular flexibility index (Phi) is 5.27. The molecular formula is C12H13BrF2N2O. The third-order valence-electron chi connectivity index (χ3n) is 2.18. The summed E-state index contributed by atoms with van der Waals surface area (Å²) in [4.78, 5) is 11.5. The van der Waals surface area contributed by atoms with E-state index in [0.717, 1.165) is 12.1 Å². The molecule has 0 aliphatic rings. The third-order valence-corrected chi connectivity index (χ3v) is 2.64. The monoisotopic (exact) mass is 318 g/mol. The van der Waals surface area contributed by atoms with E-state index in [1.54, 1.807) is 0 Å². The van der Waals surface area contributed by atoms with Gasteiger partial charge >= 0.3 is 0 Å².